The molecule has 0 saturated carbocycles. The third-order valence-corrected chi connectivity index (χ3v) is 1.67. The fraction of sp³-hybridized carbons (Fsp3) is 0.818. The van der Waals surface area contributed by atoms with Gasteiger partial charge in [-0.25, -0.2) is 4.79 Å². The van der Waals surface area contributed by atoms with Crippen molar-refractivity contribution in [2.75, 3.05) is 0 Å². The lowest BCUT2D eigenvalue weighted by atomic mass is 10.1. The number of hydrogen-bond acceptors (Lipinski definition) is 4. The maximum absolute atomic E-state index is 11.4. The number of carbonyl (C=O) groups excluding carboxylic acids is 1. The van der Waals surface area contributed by atoms with Gasteiger partial charge in [0.2, 0.25) is 0 Å². The minimum absolute atomic E-state index is 0.306. The van der Waals surface area contributed by atoms with Crippen LogP contribution < -0.4 is 5.32 Å². The van der Waals surface area contributed by atoms with Crippen LogP contribution in [0.1, 0.15) is 41.0 Å². The Bertz CT molecular complexity index is 244. The van der Waals surface area contributed by atoms with Crippen molar-refractivity contribution in [1.82, 2.24) is 5.32 Å². The molecule has 5 nitrogen and oxygen atoms in total. The Morgan fingerprint density at radius 2 is 2.06 bits per heavy atom. The Hall–Kier alpha value is -1.26. The highest BCUT2D eigenvalue weighted by Gasteiger charge is 2.19. The standard InChI is InChI=1S/C11H22N2O3/c1-8(2)6-9(7-12-15)13-10(14)16-11(3,4)5/h7-9,15H,6H2,1-5H3,(H,13,14)/b12-7+. The highest BCUT2D eigenvalue weighted by atomic mass is 16.6. The lowest BCUT2D eigenvalue weighted by Gasteiger charge is -2.22. The number of hydrogen-bond donors (Lipinski definition) is 2. The highest BCUT2D eigenvalue weighted by Crippen LogP contribution is 2.08. The fourth-order valence-corrected chi connectivity index (χ4v) is 1.20. The van der Waals surface area contributed by atoms with Gasteiger partial charge in [0.25, 0.3) is 0 Å². The molecule has 0 aliphatic carbocycles. The molecule has 0 rings (SSSR count). The van der Waals surface area contributed by atoms with Gasteiger partial charge >= 0.3 is 6.09 Å². The molecule has 0 aliphatic heterocycles. The number of ether oxygens (including phenoxy) is 1. The Balaban J connectivity index is 4.24. The predicted molar refractivity (Wildman–Crippen MR) is 62.9 cm³/mol. The van der Waals surface area contributed by atoms with Crippen molar-refractivity contribution in [3.63, 3.8) is 0 Å². The van der Waals surface area contributed by atoms with Gasteiger partial charge in [0, 0.05) is 0 Å². The second-order valence-corrected chi connectivity index (χ2v) is 5.15. The minimum Gasteiger partial charge on any atom is -0.444 e. The first-order valence-corrected chi connectivity index (χ1v) is 5.41. The van der Waals surface area contributed by atoms with Gasteiger partial charge in [0.05, 0.1) is 12.3 Å². The number of amides is 1. The van der Waals surface area contributed by atoms with Gasteiger partial charge in [-0.2, -0.15) is 0 Å². The van der Waals surface area contributed by atoms with E-state index in [9.17, 15) is 4.79 Å². The van der Waals surface area contributed by atoms with E-state index in [4.69, 9.17) is 9.94 Å². The van der Waals surface area contributed by atoms with Crippen LogP contribution in [0.5, 0.6) is 0 Å². The summed E-state index contributed by atoms with van der Waals surface area (Å²) in [6.45, 7) is 9.43. The number of carbonyl (C=O) groups is 1. The molecule has 0 saturated heterocycles. The number of nitrogens with one attached hydrogen (secondary N) is 1. The van der Waals surface area contributed by atoms with Crippen LogP contribution in [-0.2, 0) is 4.74 Å². The average molecular weight is 230 g/mol. The molecule has 0 bridgehead atoms. The van der Waals surface area contributed by atoms with Gasteiger partial charge in [-0.1, -0.05) is 19.0 Å². The van der Waals surface area contributed by atoms with Crippen LogP contribution in [-0.4, -0.2) is 29.2 Å². The quantitative estimate of drug-likeness (QED) is 0.442. The first kappa shape index (κ1) is 14.7. The van der Waals surface area contributed by atoms with Crippen LogP contribution in [0, 0.1) is 5.92 Å². The van der Waals surface area contributed by atoms with Gasteiger partial charge in [-0.05, 0) is 33.1 Å². The van der Waals surface area contributed by atoms with Gasteiger partial charge in [0.1, 0.15) is 5.60 Å². The lowest BCUT2D eigenvalue weighted by molar-refractivity contribution is 0.0515. The van der Waals surface area contributed by atoms with E-state index in [2.05, 4.69) is 10.5 Å². The molecule has 1 unspecified atom stereocenters. The van der Waals surface area contributed by atoms with E-state index in [1.165, 1.54) is 6.21 Å². The van der Waals surface area contributed by atoms with Crippen LogP contribution in [0.4, 0.5) is 4.79 Å². The predicted octanol–water partition coefficient (Wildman–Crippen LogP) is 2.39. The molecular formula is C11H22N2O3. The number of alkyl carbamates (subject to hydrolysis) is 1. The Morgan fingerprint density at radius 1 is 1.50 bits per heavy atom. The topological polar surface area (TPSA) is 70.9 Å². The molecule has 0 aromatic carbocycles. The molecule has 1 amide bonds. The molecule has 0 radical (unpaired) electrons. The molecule has 1 atom stereocenters. The Labute approximate surface area is 96.9 Å². The van der Waals surface area contributed by atoms with E-state index in [0.29, 0.717) is 12.3 Å². The van der Waals surface area contributed by atoms with Crippen molar-refractivity contribution in [2.24, 2.45) is 11.1 Å². The van der Waals surface area contributed by atoms with Gasteiger partial charge in [0.15, 0.2) is 0 Å². The molecule has 2 N–H and O–H groups in total. The lowest BCUT2D eigenvalue weighted by Crippen LogP contribution is -2.40. The van der Waals surface area contributed by atoms with E-state index in [1.54, 1.807) is 20.8 Å². The zero-order chi connectivity index (χ0) is 12.8. The zero-order valence-electron chi connectivity index (χ0n) is 10.7. The summed E-state index contributed by atoms with van der Waals surface area (Å²) >= 11 is 0. The highest BCUT2D eigenvalue weighted by molar-refractivity contribution is 5.75. The molecule has 94 valence electrons. The Kier molecular flexibility index (Phi) is 5.85. The first-order chi connectivity index (χ1) is 7.24. The summed E-state index contributed by atoms with van der Waals surface area (Å²) in [5.41, 5.74) is -0.525. The summed E-state index contributed by atoms with van der Waals surface area (Å²) in [6, 6.07) is -0.306. The molecule has 0 fully saturated rings. The monoisotopic (exact) mass is 230 g/mol. The smallest absolute Gasteiger partial charge is 0.408 e. The molecular weight excluding hydrogens is 208 g/mol. The molecule has 0 aromatic heterocycles. The van der Waals surface area contributed by atoms with Gasteiger partial charge in [-0.3, -0.25) is 0 Å². The molecule has 0 spiro atoms. The van der Waals surface area contributed by atoms with Crippen molar-refractivity contribution < 1.29 is 14.7 Å². The summed E-state index contributed by atoms with van der Waals surface area (Å²) in [5, 5.41) is 14.1. The van der Waals surface area contributed by atoms with Crippen molar-refractivity contribution in [3.8, 4) is 0 Å². The molecule has 5 heteroatoms. The SMILES string of the molecule is CC(C)CC(/C=N/O)NC(=O)OC(C)(C)C. The number of nitrogens with zero attached hydrogens (tertiary/aromatic N) is 1. The van der Waals surface area contributed by atoms with E-state index in [-0.39, 0.29) is 6.04 Å². The second-order valence-electron chi connectivity index (χ2n) is 5.15. The number of oxime groups is 1. The van der Waals surface area contributed by atoms with Crippen LogP contribution in [0.25, 0.3) is 0 Å². The van der Waals surface area contributed by atoms with E-state index in [1.807, 2.05) is 13.8 Å². The molecule has 0 aromatic rings. The maximum Gasteiger partial charge on any atom is 0.408 e. The summed E-state index contributed by atoms with van der Waals surface area (Å²) in [5.74, 6) is 0.387. The first-order valence-electron chi connectivity index (χ1n) is 5.41. The third kappa shape index (κ3) is 8.08. The van der Waals surface area contributed by atoms with Crippen molar-refractivity contribution >= 4 is 12.3 Å². The maximum atomic E-state index is 11.4. The summed E-state index contributed by atoms with van der Waals surface area (Å²) in [4.78, 5) is 11.4. The van der Waals surface area contributed by atoms with Crippen LogP contribution in [0.3, 0.4) is 0 Å². The van der Waals surface area contributed by atoms with Crippen LogP contribution in [0.2, 0.25) is 0 Å². The molecule has 0 heterocycles. The third-order valence-electron chi connectivity index (χ3n) is 1.67. The fourth-order valence-electron chi connectivity index (χ4n) is 1.20. The van der Waals surface area contributed by atoms with Crippen LogP contribution >= 0.6 is 0 Å². The van der Waals surface area contributed by atoms with E-state index in [0.717, 1.165) is 0 Å². The van der Waals surface area contributed by atoms with E-state index >= 15 is 0 Å². The Morgan fingerprint density at radius 3 is 2.44 bits per heavy atom. The zero-order valence-corrected chi connectivity index (χ0v) is 10.7. The van der Waals surface area contributed by atoms with E-state index < -0.39 is 11.7 Å². The van der Waals surface area contributed by atoms with Gasteiger partial charge in [-0.15, -0.1) is 0 Å². The minimum atomic E-state index is -0.525. The van der Waals surface area contributed by atoms with Crippen molar-refractivity contribution in [3.05, 3.63) is 0 Å². The second kappa shape index (κ2) is 6.35. The number of rotatable bonds is 4. The normalized spacial score (nSPS) is 14.1. The average Bonchev–Trinajstić information content (AvgIpc) is 1.98. The summed E-state index contributed by atoms with van der Waals surface area (Å²) in [6.07, 6.45) is 1.49. The summed E-state index contributed by atoms with van der Waals surface area (Å²) in [7, 11) is 0. The van der Waals surface area contributed by atoms with Crippen molar-refractivity contribution in [2.45, 2.75) is 52.7 Å². The largest absolute Gasteiger partial charge is 0.444 e. The molecule has 16 heavy (non-hydrogen) atoms. The molecule has 0 aliphatic rings. The van der Waals surface area contributed by atoms with Crippen LogP contribution in [0.15, 0.2) is 5.16 Å². The summed E-state index contributed by atoms with van der Waals surface area (Å²) < 4.78 is 5.10. The van der Waals surface area contributed by atoms with Crippen molar-refractivity contribution in [1.29, 1.82) is 0 Å². The van der Waals surface area contributed by atoms with Gasteiger partial charge < -0.3 is 15.3 Å².